The van der Waals surface area contributed by atoms with Crippen molar-refractivity contribution < 1.29 is 62.4 Å². The Morgan fingerprint density at radius 2 is 1.40 bits per heavy atom. The van der Waals surface area contributed by atoms with Gasteiger partial charge in [-0.3, -0.25) is 9.59 Å². The van der Waals surface area contributed by atoms with Gasteiger partial charge in [-0.15, -0.1) is 0 Å². The number of benzene rings is 3. The Hall–Kier alpha value is -2.41. The van der Waals surface area contributed by atoms with Gasteiger partial charge in [-0.1, -0.05) is 50.1 Å². The molecule has 0 saturated heterocycles. The van der Waals surface area contributed by atoms with E-state index in [1.54, 1.807) is 42.5 Å². The van der Waals surface area contributed by atoms with Crippen molar-refractivity contribution in [3.63, 3.8) is 0 Å². The molecular formula is C26H26NaO7P. The van der Waals surface area contributed by atoms with E-state index in [4.69, 9.17) is 13.8 Å². The van der Waals surface area contributed by atoms with E-state index >= 15 is 0 Å². The molecule has 3 aromatic rings. The Morgan fingerprint density at radius 1 is 0.857 bits per heavy atom. The largest absolute Gasteiger partial charge is 1.00 e. The predicted molar refractivity (Wildman–Crippen MR) is 126 cm³/mol. The number of unbranched alkanes of at least 4 members (excludes halogenated alkanes) is 1. The molecule has 0 aliphatic heterocycles. The number of para-hydroxylation sites is 1. The van der Waals surface area contributed by atoms with Crippen LogP contribution in [-0.2, 0) is 9.36 Å². The van der Waals surface area contributed by atoms with E-state index in [0.29, 0.717) is 17.7 Å². The summed E-state index contributed by atoms with van der Waals surface area (Å²) in [5.74, 6) is -0.284. The van der Waals surface area contributed by atoms with Crippen LogP contribution in [0, 0.1) is 0 Å². The van der Waals surface area contributed by atoms with E-state index in [0.717, 1.165) is 18.4 Å². The summed E-state index contributed by atoms with van der Waals surface area (Å²) < 4.78 is 27.2. The van der Waals surface area contributed by atoms with Crippen LogP contribution < -0.4 is 48.2 Å². The summed E-state index contributed by atoms with van der Waals surface area (Å²) in [4.78, 5) is 36.6. The zero-order valence-electron chi connectivity index (χ0n) is 20.0. The molecule has 0 N–H and O–H groups in total. The second kappa shape index (κ2) is 13.6. The van der Waals surface area contributed by atoms with Crippen molar-refractivity contribution in [1.82, 2.24) is 0 Å². The Labute approximate surface area is 227 Å². The summed E-state index contributed by atoms with van der Waals surface area (Å²) in [5, 5.41) is 0. The number of hydrogen-bond acceptors (Lipinski definition) is 7. The summed E-state index contributed by atoms with van der Waals surface area (Å²) in [5.41, 5.74) is 1.25. The first-order valence-corrected chi connectivity index (χ1v) is 12.4. The number of ketones is 1. The number of carbonyl (C=O) groups excluding carboxylic acids is 2. The molecule has 0 radical (unpaired) electrons. The molecule has 3 rings (SSSR count). The minimum absolute atomic E-state index is 0. The topological polar surface area (TPSA) is 102 Å². The van der Waals surface area contributed by atoms with E-state index in [-0.39, 0.29) is 52.8 Å². The molecule has 0 heterocycles. The fourth-order valence-electron chi connectivity index (χ4n) is 3.43. The van der Waals surface area contributed by atoms with E-state index in [9.17, 15) is 19.0 Å². The Bertz CT molecular complexity index is 1150. The minimum atomic E-state index is -4.64. The van der Waals surface area contributed by atoms with E-state index in [2.05, 4.69) is 6.92 Å². The maximum Gasteiger partial charge on any atom is 1.00 e. The van der Waals surface area contributed by atoms with Gasteiger partial charge in [-0.05, 0) is 60.5 Å². The van der Waals surface area contributed by atoms with Crippen LogP contribution in [-0.4, -0.2) is 11.8 Å². The number of hydrogen-bond donors (Lipinski definition) is 0. The number of Topliss-reactive ketones (excluding diaryl/α,β-unsaturated/α-hetero) is 1. The smallest absolute Gasteiger partial charge is 0.736 e. The summed E-state index contributed by atoms with van der Waals surface area (Å²) >= 11 is 0. The maximum atomic E-state index is 13.3. The third-order valence-corrected chi connectivity index (χ3v) is 5.89. The summed E-state index contributed by atoms with van der Waals surface area (Å²) in [6, 6.07) is 20.8. The SMILES string of the molecule is CCCCC(C(=O)c1ccc(OP(=O)([O-])Oc2ccccc2)cc1)c1ccc(OC(C)=O)cc1.[Na+]. The van der Waals surface area contributed by atoms with Crippen molar-refractivity contribution in [2.75, 3.05) is 0 Å². The molecule has 0 aliphatic rings. The Balaban J connectivity index is 0.00000432. The molecule has 0 spiro atoms. The van der Waals surface area contributed by atoms with Crippen molar-refractivity contribution in [2.45, 2.75) is 39.0 Å². The van der Waals surface area contributed by atoms with Gasteiger partial charge in [0.15, 0.2) is 5.78 Å². The van der Waals surface area contributed by atoms with Crippen molar-refractivity contribution in [2.24, 2.45) is 0 Å². The molecule has 0 fully saturated rings. The second-order valence-corrected chi connectivity index (χ2v) is 8.95. The van der Waals surface area contributed by atoms with Gasteiger partial charge in [0, 0.05) is 18.4 Å². The molecule has 2 unspecified atom stereocenters. The van der Waals surface area contributed by atoms with Gasteiger partial charge >= 0.3 is 43.3 Å². The molecule has 2 atom stereocenters. The van der Waals surface area contributed by atoms with Gasteiger partial charge in [-0.2, -0.15) is 0 Å². The number of phosphoric acid groups is 1. The van der Waals surface area contributed by atoms with Gasteiger partial charge < -0.3 is 18.7 Å². The summed E-state index contributed by atoms with van der Waals surface area (Å²) in [6.45, 7) is 3.38. The van der Waals surface area contributed by atoms with Crippen LogP contribution in [0.25, 0.3) is 0 Å². The molecule has 0 amide bonds. The Morgan fingerprint density at radius 3 is 1.94 bits per heavy atom. The Kier molecular flexibility index (Phi) is 11.2. The minimum Gasteiger partial charge on any atom is -0.736 e. The fourth-order valence-corrected chi connectivity index (χ4v) is 4.23. The van der Waals surface area contributed by atoms with Gasteiger partial charge in [0.2, 0.25) is 0 Å². The third-order valence-electron chi connectivity index (χ3n) is 5.02. The molecule has 7 nitrogen and oxygen atoms in total. The van der Waals surface area contributed by atoms with Gasteiger partial charge in [0.05, 0.1) is 0 Å². The first kappa shape index (κ1) is 28.8. The van der Waals surface area contributed by atoms with Crippen molar-refractivity contribution in [3.05, 3.63) is 90.0 Å². The third kappa shape index (κ3) is 8.95. The second-order valence-electron chi connectivity index (χ2n) is 7.69. The number of esters is 1. The van der Waals surface area contributed by atoms with Crippen molar-refractivity contribution in [1.29, 1.82) is 0 Å². The van der Waals surface area contributed by atoms with E-state index in [1.807, 2.05) is 0 Å². The quantitative estimate of drug-likeness (QED) is 0.130. The number of phosphoric ester groups is 1. The van der Waals surface area contributed by atoms with Gasteiger partial charge in [0.1, 0.15) is 17.2 Å². The predicted octanol–water partition coefficient (Wildman–Crippen LogP) is 2.70. The molecule has 35 heavy (non-hydrogen) atoms. The van der Waals surface area contributed by atoms with Crippen LogP contribution in [0.3, 0.4) is 0 Å². The maximum absolute atomic E-state index is 13.3. The molecule has 3 aromatic carbocycles. The van der Waals surface area contributed by atoms with E-state index in [1.165, 1.54) is 43.3 Å². The zero-order valence-corrected chi connectivity index (χ0v) is 22.9. The fraction of sp³-hybridized carbons (Fsp3) is 0.231. The molecular weight excluding hydrogens is 478 g/mol. The van der Waals surface area contributed by atoms with Crippen molar-refractivity contribution in [3.8, 4) is 17.2 Å². The zero-order chi connectivity index (χ0) is 24.6. The molecule has 9 heteroatoms. The van der Waals surface area contributed by atoms with Crippen LogP contribution >= 0.6 is 7.82 Å². The van der Waals surface area contributed by atoms with Crippen LogP contribution in [0.2, 0.25) is 0 Å². The number of ether oxygens (including phenoxy) is 1. The molecule has 0 bridgehead atoms. The van der Waals surface area contributed by atoms with Crippen LogP contribution in [0.4, 0.5) is 0 Å². The molecule has 0 aromatic heterocycles. The first-order chi connectivity index (χ1) is 16.3. The standard InChI is InChI=1S/C26H27O7P.Na/c1-3-4-10-25(20-11-15-22(16-12-20)31-19(2)27)26(28)21-13-17-24(18-14-21)33-34(29,30)32-23-8-6-5-7-9-23;/h5-9,11-18,25H,3-4,10H2,1-2H3,(H,29,30);/q;+1/p-1. The van der Waals surface area contributed by atoms with Gasteiger partial charge in [-0.25, -0.2) is 4.57 Å². The normalized spacial score (nSPS) is 13.0. The summed E-state index contributed by atoms with van der Waals surface area (Å²) in [6.07, 6.45) is 2.45. The van der Waals surface area contributed by atoms with Crippen LogP contribution in [0.15, 0.2) is 78.9 Å². The molecule has 0 saturated carbocycles. The first-order valence-electron chi connectivity index (χ1n) is 11.0. The van der Waals surface area contributed by atoms with Gasteiger partial charge in [0.25, 0.3) is 0 Å². The average Bonchev–Trinajstić information content (AvgIpc) is 2.80. The summed E-state index contributed by atoms with van der Waals surface area (Å²) in [7, 11) is -4.64. The van der Waals surface area contributed by atoms with Crippen LogP contribution in [0.1, 0.15) is 54.9 Å². The molecule has 178 valence electrons. The van der Waals surface area contributed by atoms with Crippen molar-refractivity contribution >= 4 is 19.6 Å². The number of carbonyl (C=O) groups is 2. The monoisotopic (exact) mass is 504 g/mol. The van der Waals surface area contributed by atoms with Crippen LogP contribution in [0.5, 0.6) is 17.2 Å². The van der Waals surface area contributed by atoms with E-state index < -0.39 is 13.8 Å². The average molecular weight is 504 g/mol. The number of rotatable bonds is 11. The molecule has 0 aliphatic carbocycles.